The number of thioether (sulfide) groups is 1. The van der Waals surface area contributed by atoms with Crippen molar-refractivity contribution >= 4 is 23.4 Å². The standard InChI is InChI=1S/C10H11NO2S/c1-2-9-11-7-4-3-6(10(12)13)5-8(7)14-9/h3-5,9,11H,2H2,1H3,(H,12,13). The highest BCUT2D eigenvalue weighted by Gasteiger charge is 2.20. The summed E-state index contributed by atoms with van der Waals surface area (Å²) in [5.41, 5.74) is 1.40. The van der Waals surface area contributed by atoms with E-state index in [1.54, 1.807) is 23.9 Å². The third-order valence-electron chi connectivity index (χ3n) is 2.19. The van der Waals surface area contributed by atoms with E-state index < -0.39 is 5.97 Å². The lowest BCUT2D eigenvalue weighted by Gasteiger charge is -2.04. The summed E-state index contributed by atoms with van der Waals surface area (Å²) in [6, 6.07) is 5.19. The first-order valence-corrected chi connectivity index (χ1v) is 5.39. The van der Waals surface area contributed by atoms with E-state index in [2.05, 4.69) is 12.2 Å². The average Bonchev–Trinajstić information content (AvgIpc) is 2.58. The van der Waals surface area contributed by atoms with Crippen molar-refractivity contribution in [3.8, 4) is 0 Å². The van der Waals surface area contributed by atoms with E-state index in [-0.39, 0.29) is 0 Å². The fraction of sp³-hybridized carbons (Fsp3) is 0.300. The quantitative estimate of drug-likeness (QED) is 0.786. The summed E-state index contributed by atoms with van der Waals surface area (Å²) < 4.78 is 0. The zero-order valence-electron chi connectivity index (χ0n) is 7.78. The largest absolute Gasteiger partial charge is 0.478 e. The molecular weight excluding hydrogens is 198 g/mol. The Morgan fingerprint density at radius 3 is 3.07 bits per heavy atom. The monoisotopic (exact) mass is 209 g/mol. The van der Waals surface area contributed by atoms with E-state index in [4.69, 9.17) is 5.11 Å². The summed E-state index contributed by atoms with van der Waals surface area (Å²) in [6.45, 7) is 2.11. The summed E-state index contributed by atoms with van der Waals surface area (Å²) in [4.78, 5) is 11.8. The minimum atomic E-state index is -0.867. The number of nitrogens with one attached hydrogen (secondary N) is 1. The fourth-order valence-corrected chi connectivity index (χ4v) is 2.52. The van der Waals surface area contributed by atoms with Gasteiger partial charge in [0.15, 0.2) is 0 Å². The zero-order chi connectivity index (χ0) is 10.1. The SMILES string of the molecule is CCC1Nc2ccc(C(=O)O)cc2S1. The molecule has 74 valence electrons. The van der Waals surface area contributed by atoms with Gasteiger partial charge in [-0.25, -0.2) is 4.79 Å². The molecule has 1 aliphatic heterocycles. The number of carboxylic acid groups (broad SMARTS) is 1. The van der Waals surface area contributed by atoms with Crippen LogP contribution < -0.4 is 5.32 Å². The molecule has 1 heterocycles. The van der Waals surface area contributed by atoms with Crippen LogP contribution in [0.1, 0.15) is 23.7 Å². The van der Waals surface area contributed by atoms with Gasteiger partial charge in [-0.1, -0.05) is 18.7 Å². The van der Waals surface area contributed by atoms with Gasteiger partial charge in [-0.3, -0.25) is 0 Å². The van der Waals surface area contributed by atoms with Crippen molar-refractivity contribution < 1.29 is 9.90 Å². The lowest BCUT2D eigenvalue weighted by Crippen LogP contribution is -2.07. The Bertz CT molecular complexity index is 378. The predicted molar refractivity (Wildman–Crippen MR) is 57.0 cm³/mol. The Hall–Kier alpha value is -1.16. The van der Waals surface area contributed by atoms with Gasteiger partial charge in [0, 0.05) is 10.6 Å². The van der Waals surface area contributed by atoms with Gasteiger partial charge in [-0.05, 0) is 24.6 Å². The first-order valence-electron chi connectivity index (χ1n) is 4.51. The van der Waals surface area contributed by atoms with Gasteiger partial charge in [0.1, 0.15) is 0 Å². The molecule has 0 amide bonds. The maximum atomic E-state index is 10.7. The molecule has 1 aromatic rings. The second-order valence-electron chi connectivity index (χ2n) is 3.18. The maximum absolute atomic E-state index is 10.7. The molecule has 0 radical (unpaired) electrons. The Morgan fingerprint density at radius 1 is 1.64 bits per heavy atom. The molecule has 14 heavy (non-hydrogen) atoms. The van der Waals surface area contributed by atoms with E-state index in [1.165, 1.54) is 0 Å². The molecule has 0 aromatic heterocycles. The number of anilines is 1. The number of hydrogen-bond acceptors (Lipinski definition) is 3. The number of fused-ring (bicyclic) bond motifs is 1. The van der Waals surface area contributed by atoms with Crippen molar-refractivity contribution in [3.63, 3.8) is 0 Å². The number of rotatable bonds is 2. The molecule has 0 spiro atoms. The van der Waals surface area contributed by atoms with Crippen molar-refractivity contribution in [2.24, 2.45) is 0 Å². The number of benzene rings is 1. The van der Waals surface area contributed by atoms with Crippen molar-refractivity contribution in [2.45, 2.75) is 23.6 Å². The molecule has 1 aliphatic rings. The van der Waals surface area contributed by atoms with Gasteiger partial charge in [-0.2, -0.15) is 0 Å². The molecule has 4 heteroatoms. The van der Waals surface area contributed by atoms with Crippen LogP contribution >= 0.6 is 11.8 Å². The fourth-order valence-electron chi connectivity index (χ4n) is 1.41. The molecule has 0 aliphatic carbocycles. The minimum absolute atomic E-state index is 0.356. The maximum Gasteiger partial charge on any atom is 0.335 e. The Balaban J connectivity index is 2.31. The summed E-state index contributed by atoms with van der Waals surface area (Å²) in [5.74, 6) is -0.867. The topological polar surface area (TPSA) is 49.3 Å². The molecule has 0 saturated carbocycles. The molecule has 1 unspecified atom stereocenters. The second-order valence-corrected chi connectivity index (χ2v) is 4.42. The lowest BCUT2D eigenvalue weighted by atomic mass is 10.2. The van der Waals surface area contributed by atoms with Crippen LogP contribution in [0.15, 0.2) is 23.1 Å². The third kappa shape index (κ3) is 1.57. The first-order chi connectivity index (χ1) is 6.70. The van der Waals surface area contributed by atoms with Crippen LogP contribution in [0.25, 0.3) is 0 Å². The van der Waals surface area contributed by atoms with E-state index >= 15 is 0 Å². The van der Waals surface area contributed by atoms with Crippen LogP contribution in [0, 0.1) is 0 Å². The molecule has 1 aromatic carbocycles. The van der Waals surface area contributed by atoms with Gasteiger partial charge in [0.2, 0.25) is 0 Å². The van der Waals surface area contributed by atoms with Gasteiger partial charge in [0.25, 0.3) is 0 Å². The van der Waals surface area contributed by atoms with Gasteiger partial charge in [0.05, 0.1) is 10.9 Å². The molecule has 0 fully saturated rings. The predicted octanol–water partition coefficient (Wildman–Crippen LogP) is 2.64. The Kier molecular flexibility index (Phi) is 2.37. The molecule has 2 rings (SSSR count). The first kappa shape index (κ1) is 9.40. The highest BCUT2D eigenvalue weighted by molar-refractivity contribution is 8.00. The number of hydrogen-bond donors (Lipinski definition) is 2. The summed E-state index contributed by atoms with van der Waals surface area (Å²) >= 11 is 1.69. The van der Waals surface area contributed by atoms with E-state index in [0.29, 0.717) is 10.9 Å². The van der Waals surface area contributed by atoms with Gasteiger partial charge >= 0.3 is 5.97 Å². The molecule has 0 bridgehead atoms. The average molecular weight is 209 g/mol. The number of carbonyl (C=O) groups is 1. The normalized spacial score (nSPS) is 18.8. The van der Waals surface area contributed by atoms with Crippen LogP contribution in [0.4, 0.5) is 5.69 Å². The van der Waals surface area contributed by atoms with Crippen molar-refractivity contribution in [3.05, 3.63) is 23.8 Å². The van der Waals surface area contributed by atoms with Crippen LogP contribution in [0.2, 0.25) is 0 Å². The van der Waals surface area contributed by atoms with Crippen LogP contribution in [0.3, 0.4) is 0 Å². The minimum Gasteiger partial charge on any atom is -0.478 e. The number of aromatic carboxylic acids is 1. The van der Waals surface area contributed by atoms with Gasteiger partial charge < -0.3 is 10.4 Å². The smallest absolute Gasteiger partial charge is 0.335 e. The highest BCUT2D eigenvalue weighted by Crippen LogP contribution is 2.39. The van der Waals surface area contributed by atoms with E-state index in [1.807, 2.05) is 6.07 Å². The van der Waals surface area contributed by atoms with Crippen molar-refractivity contribution in [2.75, 3.05) is 5.32 Å². The highest BCUT2D eigenvalue weighted by atomic mass is 32.2. The summed E-state index contributed by atoms with van der Waals surface area (Å²) in [6.07, 6.45) is 1.03. The Morgan fingerprint density at radius 2 is 2.43 bits per heavy atom. The van der Waals surface area contributed by atoms with Crippen molar-refractivity contribution in [1.82, 2.24) is 0 Å². The second kappa shape index (κ2) is 3.53. The Labute approximate surface area is 86.5 Å². The van der Waals surface area contributed by atoms with E-state index in [0.717, 1.165) is 17.0 Å². The number of carboxylic acids is 1. The van der Waals surface area contributed by atoms with Gasteiger partial charge in [-0.15, -0.1) is 0 Å². The zero-order valence-corrected chi connectivity index (χ0v) is 8.60. The molecule has 1 atom stereocenters. The summed E-state index contributed by atoms with van der Waals surface area (Å²) in [5, 5.41) is 12.5. The molecule has 0 saturated heterocycles. The van der Waals surface area contributed by atoms with E-state index in [9.17, 15) is 4.79 Å². The lowest BCUT2D eigenvalue weighted by molar-refractivity contribution is 0.0696. The van der Waals surface area contributed by atoms with Crippen LogP contribution in [-0.2, 0) is 0 Å². The summed E-state index contributed by atoms with van der Waals surface area (Å²) in [7, 11) is 0. The molecular formula is C10H11NO2S. The molecule has 3 nitrogen and oxygen atoms in total. The van der Waals surface area contributed by atoms with Crippen LogP contribution in [0.5, 0.6) is 0 Å². The van der Waals surface area contributed by atoms with Crippen molar-refractivity contribution in [1.29, 1.82) is 0 Å². The third-order valence-corrected chi connectivity index (χ3v) is 3.51. The molecule has 2 N–H and O–H groups in total. The van der Waals surface area contributed by atoms with Crippen LogP contribution in [-0.4, -0.2) is 16.4 Å².